The molecule has 0 saturated carbocycles. The first-order chi connectivity index (χ1) is 12.2. The maximum absolute atomic E-state index is 12.3. The van der Waals surface area contributed by atoms with E-state index in [1.54, 1.807) is 13.8 Å². The van der Waals surface area contributed by atoms with Gasteiger partial charge in [0.1, 0.15) is 12.6 Å². The Bertz CT molecular complexity index is 709. The van der Waals surface area contributed by atoms with Gasteiger partial charge in [0.2, 0.25) is 17.7 Å². The molecule has 0 heterocycles. The monoisotopic (exact) mass is 361 g/mol. The highest BCUT2D eigenvalue weighted by atomic mass is 16.5. The Morgan fingerprint density at radius 2 is 1.69 bits per heavy atom. The van der Waals surface area contributed by atoms with Crippen molar-refractivity contribution >= 4 is 23.7 Å². The van der Waals surface area contributed by atoms with Gasteiger partial charge >= 0.3 is 5.97 Å². The van der Waals surface area contributed by atoms with E-state index in [9.17, 15) is 19.2 Å². The van der Waals surface area contributed by atoms with Gasteiger partial charge in [-0.1, -0.05) is 35.9 Å². The summed E-state index contributed by atoms with van der Waals surface area (Å²) in [6.07, 6.45) is -0.720. The Labute approximate surface area is 151 Å². The largest absolute Gasteiger partial charge is 0.457 e. The molecule has 1 aromatic rings. The zero-order valence-corrected chi connectivity index (χ0v) is 14.8. The number of esters is 1. The summed E-state index contributed by atoms with van der Waals surface area (Å²) < 4.78 is 5.23. The molecular formula is C18H23N3O5. The van der Waals surface area contributed by atoms with Crippen molar-refractivity contribution in [3.8, 4) is 0 Å². The molecule has 8 heteroatoms. The number of allylic oxidation sites excluding steroid dienone is 1. The summed E-state index contributed by atoms with van der Waals surface area (Å²) in [4.78, 5) is 46.6. The van der Waals surface area contributed by atoms with Crippen LogP contribution in [0.5, 0.6) is 0 Å². The van der Waals surface area contributed by atoms with E-state index in [2.05, 4.69) is 5.32 Å². The van der Waals surface area contributed by atoms with E-state index in [1.807, 2.05) is 30.3 Å². The number of primary amides is 2. The molecule has 0 aliphatic heterocycles. The van der Waals surface area contributed by atoms with E-state index in [0.29, 0.717) is 5.57 Å². The van der Waals surface area contributed by atoms with Crippen LogP contribution in [0.3, 0.4) is 0 Å². The van der Waals surface area contributed by atoms with Crippen molar-refractivity contribution in [3.05, 3.63) is 47.0 Å². The third-order valence-corrected chi connectivity index (χ3v) is 3.48. The number of hydrogen-bond acceptors (Lipinski definition) is 5. The average Bonchev–Trinajstić information content (AvgIpc) is 2.57. The number of ether oxygens (including phenoxy) is 1. The fraction of sp³-hybridized carbons (Fsp3) is 0.333. The number of hydrogen-bond donors (Lipinski definition) is 3. The lowest BCUT2D eigenvalue weighted by Gasteiger charge is -2.15. The number of benzene rings is 1. The normalized spacial score (nSPS) is 11.2. The maximum Gasteiger partial charge on any atom is 0.334 e. The minimum atomic E-state index is -1.22. The van der Waals surface area contributed by atoms with Crippen LogP contribution >= 0.6 is 0 Å². The molecule has 0 aliphatic rings. The summed E-state index contributed by atoms with van der Waals surface area (Å²) >= 11 is 0. The van der Waals surface area contributed by atoms with Crippen LogP contribution in [0.4, 0.5) is 0 Å². The van der Waals surface area contributed by atoms with E-state index in [0.717, 1.165) is 5.56 Å². The number of nitrogens with one attached hydrogen (secondary N) is 1. The Morgan fingerprint density at radius 3 is 2.19 bits per heavy atom. The molecule has 0 saturated heterocycles. The van der Waals surface area contributed by atoms with Crippen LogP contribution in [0.15, 0.2) is 41.5 Å². The van der Waals surface area contributed by atoms with Gasteiger partial charge in [0.15, 0.2) is 0 Å². The Balaban J connectivity index is 2.70. The van der Waals surface area contributed by atoms with Gasteiger partial charge in [0.05, 0.1) is 12.8 Å². The van der Waals surface area contributed by atoms with Crippen molar-refractivity contribution < 1.29 is 23.9 Å². The van der Waals surface area contributed by atoms with Gasteiger partial charge < -0.3 is 21.5 Å². The van der Waals surface area contributed by atoms with E-state index in [-0.39, 0.29) is 18.6 Å². The van der Waals surface area contributed by atoms with Crippen molar-refractivity contribution in [3.63, 3.8) is 0 Å². The maximum atomic E-state index is 12.3. The number of carbonyl (C=O) groups is 4. The Hall–Kier alpha value is -3.16. The zero-order valence-electron chi connectivity index (χ0n) is 14.8. The van der Waals surface area contributed by atoms with Crippen LogP contribution in [0.2, 0.25) is 0 Å². The minimum Gasteiger partial charge on any atom is -0.457 e. The second kappa shape index (κ2) is 9.97. The summed E-state index contributed by atoms with van der Waals surface area (Å²) in [6.45, 7) is 3.41. The molecule has 140 valence electrons. The van der Waals surface area contributed by atoms with Crippen LogP contribution in [0, 0.1) is 0 Å². The third-order valence-electron chi connectivity index (χ3n) is 3.48. The highest BCUT2D eigenvalue weighted by Crippen LogP contribution is 2.13. The number of amides is 3. The van der Waals surface area contributed by atoms with Gasteiger partial charge in [0.25, 0.3) is 0 Å². The first-order valence-corrected chi connectivity index (χ1v) is 7.95. The predicted octanol–water partition coefficient (Wildman–Crippen LogP) is 0.302. The molecule has 0 radical (unpaired) electrons. The molecule has 0 fully saturated rings. The molecule has 5 N–H and O–H groups in total. The van der Waals surface area contributed by atoms with Crippen molar-refractivity contribution in [2.24, 2.45) is 11.5 Å². The van der Waals surface area contributed by atoms with Gasteiger partial charge in [-0.3, -0.25) is 14.4 Å². The fourth-order valence-electron chi connectivity index (χ4n) is 2.09. The molecule has 0 aliphatic carbocycles. The third kappa shape index (κ3) is 7.16. The molecule has 0 aromatic heterocycles. The summed E-state index contributed by atoms with van der Waals surface area (Å²) in [5.41, 5.74) is 11.7. The molecule has 8 nitrogen and oxygen atoms in total. The molecular weight excluding hydrogens is 338 g/mol. The van der Waals surface area contributed by atoms with Gasteiger partial charge in [-0.05, 0) is 19.4 Å². The van der Waals surface area contributed by atoms with Crippen molar-refractivity contribution in [2.75, 3.05) is 0 Å². The number of nitrogens with two attached hydrogens (primary N) is 2. The number of carbonyl (C=O) groups excluding carboxylic acids is 4. The SMILES string of the molecule is CC(C)=C(CC(=O)N[C@@H](CC(N)=O)C(N)=O)C(=O)OCc1ccccc1. The Kier molecular flexibility index (Phi) is 8.01. The average molecular weight is 361 g/mol. The molecule has 26 heavy (non-hydrogen) atoms. The van der Waals surface area contributed by atoms with Crippen molar-refractivity contribution in [2.45, 2.75) is 39.3 Å². The smallest absolute Gasteiger partial charge is 0.334 e. The highest BCUT2D eigenvalue weighted by Gasteiger charge is 2.23. The summed E-state index contributed by atoms with van der Waals surface area (Å²) in [7, 11) is 0. The topological polar surface area (TPSA) is 142 Å². The van der Waals surface area contributed by atoms with Gasteiger partial charge in [-0.2, -0.15) is 0 Å². The molecule has 0 spiro atoms. The molecule has 0 bridgehead atoms. The van der Waals surface area contributed by atoms with Crippen molar-refractivity contribution in [1.82, 2.24) is 5.32 Å². The summed E-state index contributed by atoms with van der Waals surface area (Å²) in [6, 6.07) is 7.88. The molecule has 1 rings (SSSR count). The molecule has 1 atom stereocenters. The molecule has 0 unspecified atom stereocenters. The standard InChI is InChI=1S/C18H23N3O5/c1-11(2)13(18(25)26-10-12-6-4-3-5-7-12)8-16(23)21-14(17(20)24)9-15(19)22/h3-7,14H,8-10H2,1-2H3,(H2,19,22)(H2,20,24)(H,21,23)/t14-/m0/s1. The van der Waals surface area contributed by atoms with Crippen LogP contribution in [-0.2, 0) is 30.5 Å². The van der Waals surface area contributed by atoms with E-state index < -0.39 is 36.2 Å². The lowest BCUT2D eigenvalue weighted by molar-refractivity contribution is -0.141. The summed E-state index contributed by atoms with van der Waals surface area (Å²) in [5.74, 6) is -2.93. The van der Waals surface area contributed by atoms with Crippen LogP contribution in [-0.4, -0.2) is 29.7 Å². The fourth-order valence-corrected chi connectivity index (χ4v) is 2.09. The summed E-state index contributed by atoms with van der Waals surface area (Å²) in [5, 5.41) is 2.31. The molecule has 3 amide bonds. The molecule has 1 aromatic carbocycles. The number of rotatable bonds is 9. The lowest BCUT2D eigenvalue weighted by Crippen LogP contribution is -2.46. The first-order valence-electron chi connectivity index (χ1n) is 7.95. The van der Waals surface area contributed by atoms with E-state index in [1.165, 1.54) is 0 Å². The van der Waals surface area contributed by atoms with Crippen molar-refractivity contribution in [1.29, 1.82) is 0 Å². The second-order valence-electron chi connectivity index (χ2n) is 5.91. The van der Waals surface area contributed by atoms with E-state index >= 15 is 0 Å². The van der Waals surface area contributed by atoms with Gasteiger partial charge in [-0.15, -0.1) is 0 Å². The van der Waals surface area contributed by atoms with Gasteiger partial charge in [-0.25, -0.2) is 4.79 Å². The van der Waals surface area contributed by atoms with Gasteiger partial charge in [0, 0.05) is 5.57 Å². The zero-order chi connectivity index (χ0) is 19.7. The Morgan fingerprint density at radius 1 is 1.08 bits per heavy atom. The second-order valence-corrected chi connectivity index (χ2v) is 5.91. The highest BCUT2D eigenvalue weighted by molar-refractivity contribution is 5.97. The lowest BCUT2D eigenvalue weighted by atomic mass is 10.1. The van der Waals surface area contributed by atoms with E-state index in [4.69, 9.17) is 16.2 Å². The van der Waals surface area contributed by atoms with Crippen LogP contribution < -0.4 is 16.8 Å². The quantitative estimate of drug-likeness (QED) is 0.428. The predicted molar refractivity (Wildman–Crippen MR) is 94.2 cm³/mol. The van der Waals surface area contributed by atoms with Crippen LogP contribution in [0.25, 0.3) is 0 Å². The minimum absolute atomic E-state index is 0.0731. The van der Waals surface area contributed by atoms with Crippen LogP contribution in [0.1, 0.15) is 32.3 Å². The first kappa shape index (κ1) is 20.9.